The van der Waals surface area contributed by atoms with Crippen LogP contribution in [-0.2, 0) is 16.2 Å². The summed E-state index contributed by atoms with van der Waals surface area (Å²) < 4.78 is 0. The van der Waals surface area contributed by atoms with Crippen molar-refractivity contribution in [2.24, 2.45) is 16.2 Å². The summed E-state index contributed by atoms with van der Waals surface area (Å²) in [7, 11) is 0. The van der Waals surface area contributed by atoms with Gasteiger partial charge in [-0.25, -0.2) is 0 Å². The molecule has 0 saturated heterocycles. The minimum absolute atomic E-state index is 0.0755. The van der Waals surface area contributed by atoms with E-state index in [1.807, 2.05) is 0 Å². The molecule has 81 heavy (non-hydrogen) atoms. The van der Waals surface area contributed by atoms with Crippen molar-refractivity contribution in [1.29, 1.82) is 0 Å². The molecule has 6 bridgehead atoms. The van der Waals surface area contributed by atoms with E-state index in [0.717, 1.165) is 101 Å². The van der Waals surface area contributed by atoms with E-state index in [0.29, 0.717) is 17.8 Å². The monoisotopic (exact) mass is 1060 g/mol. The van der Waals surface area contributed by atoms with E-state index >= 15 is 0 Å². The molecule has 3 N–H and O–H groups in total. The second kappa shape index (κ2) is 16.6. The van der Waals surface area contributed by atoms with Crippen LogP contribution in [-0.4, -0.2) is 45.5 Å². The predicted octanol–water partition coefficient (Wildman–Crippen LogP) is 17.6. The van der Waals surface area contributed by atoms with Gasteiger partial charge in [-0.15, -0.1) is 0 Å². The maximum Gasteiger partial charge on any atom is 0.0883 e. The van der Waals surface area contributed by atoms with Crippen molar-refractivity contribution >= 4 is 0 Å². The number of pyridine rings is 3. The first-order valence-corrected chi connectivity index (χ1v) is 29.6. The minimum Gasteiger partial charge on any atom is -0.276 e. The molecule has 6 aliphatic rings. The molecule has 9 heteroatoms. The molecule has 4 aromatic carbocycles. The van der Waals surface area contributed by atoms with Crippen molar-refractivity contribution in [2.45, 2.75) is 135 Å². The molecule has 3 fully saturated rings. The number of H-pyrrole nitrogens is 3. The zero-order valence-corrected chi connectivity index (χ0v) is 48.0. The van der Waals surface area contributed by atoms with Crippen molar-refractivity contribution in [2.75, 3.05) is 0 Å². The van der Waals surface area contributed by atoms with Gasteiger partial charge >= 0.3 is 0 Å². The molecule has 0 radical (unpaired) electrons. The van der Waals surface area contributed by atoms with Gasteiger partial charge in [-0.2, -0.15) is 15.3 Å². The summed E-state index contributed by atoms with van der Waals surface area (Å²) in [4.78, 5) is 15.6. The molecular formula is C72H69N9. The van der Waals surface area contributed by atoms with Gasteiger partial charge in [0.1, 0.15) is 0 Å². The zero-order valence-electron chi connectivity index (χ0n) is 48.0. The predicted molar refractivity (Wildman–Crippen MR) is 325 cm³/mol. The molecule has 0 amide bonds. The van der Waals surface area contributed by atoms with Crippen LogP contribution in [0.5, 0.6) is 0 Å². The third-order valence-electron chi connectivity index (χ3n) is 23.3. The molecule has 16 rings (SSSR count). The Balaban J connectivity index is 0.799. The summed E-state index contributed by atoms with van der Waals surface area (Å²) in [5.41, 5.74) is 27.9. The van der Waals surface area contributed by atoms with Crippen LogP contribution >= 0.6 is 0 Å². The number of hydrogen-bond donors (Lipinski definition) is 3. The molecule has 6 aromatic heterocycles. The number of rotatable bonds is 9. The van der Waals surface area contributed by atoms with Crippen molar-refractivity contribution in [3.63, 3.8) is 0 Å². The van der Waals surface area contributed by atoms with Crippen LogP contribution in [0.3, 0.4) is 0 Å². The lowest BCUT2D eigenvalue weighted by atomic mass is 9.70. The average Bonchev–Trinajstić information content (AvgIpc) is 1.84. The highest BCUT2D eigenvalue weighted by atomic mass is 15.2. The van der Waals surface area contributed by atoms with E-state index in [-0.39, 0.29) is 32.5 Å². The number of nitrogens with zero attached hydrogens (tertiary/aromatic N) is 6. The highest BCUT2D eigenvalue weighted by molar-refractivity contribution is 5.94. The van der Waals surface area contributed by atoms with Crippen LogP contribution < -0.4 is 0 Å². The second-order valence-electron chi connectivity index (χ2n) is 27.2. The molecule has 10 aromatic rings. The summed E-state index contributed by atoms with van der Waals surface area (Å²) in [6.07, 6.45) is 13.3. The van der Waals surface area contributed by atoms with E-state index in [1.54, 1.807) is 0 Å². The SMILES string of the molecule is CC12CCC(c3c1n[nH]c3-c1ccc(-c3ccccc3-c3cc(-c4ccccc4-c4ccc(-c5[nH]nc6c5C5CCC6(C)C5(C)C)nc4)cc(-c4ccccc4-c4ccc(-c5[nH]nc6c5C5CCC6(C)C5(C)C)nc4)c3)cn1)C2(C)C. The van der Waals surface area contributed by atoms with E-state index in [1.165, 1.54) is 72.3 Å². The van der Waals surface area contributed by atoms with E-state index in [2.05, 4.69) is 224 Å². The number of aromatic nitrogens is 9. The Hall–Kier alpha value is -8.04. The molecular weight excluding hydrogens is 991 g/mol. The fourth-order valence-electron chi connectivity index (χ4n) is 17.4. The molecule has 6 unspecified atom stereocenters. The number of hydrogen-bond acceptors (Lipinski definition) is 6. The van der Waals surface area contributed by atoms with Gasteiger partial charge in [0.05, 0.1) is 51.2 Å². The summed E-state index contributed by atoms with van der Waals surface area (Å²) in [6.45, 7) is 21.8. The van der Waals surface area contributed by atoms with Crippen LogP contribution in [0, 0.1) is 16.2 Å². The lowest BCUT2D eigenvalue weighted by Crippen LogP contribution is -2.32. The Morgan fingerprint density at radius 2 is 0.593 bits per heavy atom. The first kappa shape index (κ1) is 48.8. The van der Waals surface area contributed by atoms with Crippen LogP contribution in [0.15, 0.2) is 146 Å². The molecule has 6 heterocycles. The Kier molecular flexibility index (Phi) is 9.98. The Labute approximate surface area is 475 Å². The van der Waals surface area contributed by atoms with E-state index in [9.17, 15) is 0 Å². The first-order chi connectivity index (χ1) is 39.0. The topological polar surface area (TPSA) is 125 Å². The van der Waals surface area contributed by atoms with Crippen LogP contribution in [0.2, 0.25) is 0 Å². The third kappa shape index (κ3) is 6.38. The van der Waals surface area contributed by atoms with Gasteiger partial charge in [0.15, 0.2) is 0 Å². The van der Waals surface area contributed by atoms with Gasteiger partial charge in [-0.05, 0) is 159 Å². The standard InChI is InChI=1S/C72H69N9/c1-67(2)52-28-31-70(67,7)64-58(52)61(76-79-64)55-25-22-40(37-73-55)46-16-10-13-19-49(46)43-34-44(50-20-14-11-17-47(50)41-23-26-56(74-38-41)62-59-53-29-32-71(8,68(53,3)4)65(59)80-77-62)36-45(35-43)51-21-15-12-18-48(51)42-24-27-57(75-39-42)63-60-54-30-33-72(9,69(54,5)6)66(60)81-78-63/h10-27,34-39,52-54H,28-33H2,1-9H3,(H,76,79)(H,77,80)(H,78,81). The summed E-state index contributed by atoms with van der Waals surface area (Å²) in [6, 6.07) is 46.8. The van der Waals surface area contributed by atoms with Gasteiger partial charge in [0.2, 0.25) is 0 Å². The fraction of sp³-hybridized carbons (Fsp3) is 0.333. The van der Waals surface area contributed by atoms with Gasteiger partial charge < -0.3 is 0 Å². The Morgan fingerprint density at radius 3 is 0.840 bits per heavy atom. The number of fused-ring (bicyclic) bond motifs is 15. The summed E-state index contributed by atoms with van der Waals surface area (Å²) in [5.74, 6) is 1.42. The second-order valence-corrected chi connectivity index (χ2v) is 27.2. The summed E-state index contributed by atoms with van der Waals surface area (Å²) in [5, 5.41) is 25.3. The number of nitrogens with one attached hydrogen (secondary N) is 3. The van der Waals surface area contributed by atoms with Gasteiger partial charge in [0.25, 0.3) is 0 Å². The minimum atomic E-state index is 0.0755. The molecule has 9 nitrogen and oxygen atoms in total. The smallest absolute Gasteiger partial charge is 0.0883 e. The largest absolute Gasteiger partial charge is 0.276 e. The van der Waals surface area contributed by atoms with E-state index < -0.39 is 0 Å². The fourth-order valence-corrected chi connectivity index (χ4v) is 17.4. The molecule has 6 atom stereocenters. The normalized spacial score (nSPS) is 25.4. The maximum atomic E-state index is 5.21. The van der Waals surface area contributed by atoms with Crippen LogP contribution in [0.25, 0.3) is 101 Å². The molecule has 0 aliphatic heterocycles. The van der Waals surface area contributed by atoms with Gasteiger partial charge in [0, 0.05) is 68.2 Å². The number of aromatic amines is 3. The molecule has 6 aliphatic carbocycles. The van der Waals surface area contributed by atoms with Crippen LogP contribution in [0.4, 0.5) is 0 Å². The maximum absolute atomic E-state index is 5.21. The average molecular weight is 1060 g/mol. The number of benzene rings is 4. The Bertz CT molecular complexity index is 3780. The molecule has 3 saturated carbocycles. The first-order valence-electron chi connectivity index (χ1n) is 29.6. The highest BCUT2D eigenvalue weighted by Gasteiger charge is 2.64. The lowest BCUT2D eigenvalue weighted by Gasteiger charge is -2.34. The van der Waals surface area contributed by atoms with Crippen LogP contribution in [0.1, 0.15) is 152 Å². The van der Waals surface area contributed by atoms with Crippen molar-refractivity contribution in [1.82, 2.24) is 45.5 Å². The quantitative estimate of drug-likeness (QED) is 0.132. The highest BCUT2D eigenvalue weighted by Crippen LogP contribution is 2.71. The van der Waals surface area contributed by atoms with Gasteiger partial charge in [-0.3, -0.25) is 30.2 Å². The van der Waals surface area contributed by atoms with Gasteiger partial charge in [-0.1, -0.05) is 153 Å². The molecule has 402 valence electrons. The molecule has 0 spiro atoms. The van der Waals surface area contributed by atoms with Crippen molar-refractivity contribution in [3.05, 3.63) is 180 Å². The lowest BCUT2D eigenvalue weighted by molar-refractivity contribution is 0.225. The Morgan fingerprint density at radius 1 is 0.333 bits per heavy atom. The summed E-state index contributed by atoms with van der Waals surface area (Å²) >= 11 is 0. The van der Waals surface area contributed by atoms with Crippen molar-refractivity contribution in [3.8, 4) is 101 Å². The van der Waals surface area contributed by atoms with Crippen molar-refractivity contribution < 1.29 is 0 Å². The third-order valence-corrected chi connectivity index (χ3v) is 23.3. The van der Waals surface area contributed by atoms with E-state index in [4.69, 9.17) is 30.2 Å². The zero-order chi connectivity index (χ0) is 55.2.